The van der Waals surface area contributed by atoms with E-state index in [0.717, 1.165) is 5.56 Å². The van der Waals surface area contributed by atoms with Crippen LogP contribution in [0.15, 0.2) is 30.3 Å². The monoisotopic (exact) mass is 229 g/mol. The zero-order chi connectivity index (χ0) is 11.3. The van der Waals surface area contributed by atoms with Crippen LogP contribution in [0.2, 0.25) is 0 Å². The maximum atomic E-state index is 11.2. The minimum Gasteiger partial charge on any atom is -0.756 e. The van der Waals surface area contributed by atoms with Crippen molar-refractivity contribution >= 4 is 7.82 Å². The van der Waals surface area contributed by atoms with Gasteiger partial charge in [-0.25, -0.2) is 0 Å². The van der Waals surface area contributed by atoms with Crippen LogP contribution in [-0.2, 0) is 20.2 Å². The van der Waals surface area contributed by atoms with Gasteiger partial charge in [-0.1, -0.05) is 30.3 Å². The molecule has 0 aliphatic heterocycles. The van der Waals surface area contributed by atoms with E-state index in [4.69, 9.17) is 4.52 Å². The standard InChI is InChI=1S/C10H15O4P/c1-9(2)14-15(11,12)13-8-10-6-4-3-5-7-10/h3-7,9H,8H2,1-2H3,(H,11,12)/p-1. The van der Waals surface area contributed by atoms with E-state index in [1.165, 1.54) is 0 Å². The Morgan fingerprint density at radius 3 is 2.47 bits per heavy atom. The van der Waals surface area contributed by atoms with E-state index < -0.39 is 13.9 Å². The normalized spacial score (nSPS) is 15.2. The summed E-state index contributed by atoms with van der Waals surface area (Å²) < 4.78 is 20.5. The lowest BCUT2D eigenvalue weighted by atomic mass is 10.2. The average molecular weight is 229 g/mol. The quantitative estimate of drug-likeness (QED) is 0.725. The summed E-state index contributed by atoms with van der Waals surface area (Å²) in [6, 6.07) is 9.06. The lowest BCUT2D eigenvalue weighted by Crippen LogP contribution is -2.12. The van der Waals surface area contributed by atoms with Crippen molar-refractivity contribution < 1.29 is 18.5 Å². The number of rotatable bonds is 5. The highest BCUT2D eigenvalue weighted by Gasteiger charge is 2.11. The second-order valence-electron chi connectivity index (χ2n) is 3.36. The largest absolute Gasteiger partial charge is 0.756 e. The van der Waals surface area contributed by atoms with E-state index in [1.807, 2.05) is 18.2 Å². The molecule has 0 bridgehead atoms. The highest BCUT2D eigenvalue weighted by Crippen LogP contribution is 2.40. The number of hydrogen-bond acceptors (Lipinski definition) is 4. The van der Waals surface area contributed by atoms with Gasteiger partial charge in [-0.3, -0.25) is 4.57 Å². The number of benzene rings is 1. The second-order valence-corrected chi connectivity index (χ2v) is 4.72. The minimum atomic E-state index is -4.16. The van der Waals surface area contributed by atoms with Gasteiger partial charge >= 0.3 is 0 Å². The highest BCUT2D eigenvalue weighted by atomic mass is 31.2. The fourth-order valence-corrected chi connectivity index (χ4v) is 1.90. The van der Waals surface area contributed by atoms with Gasteiger partial charge in [0.15, 0.2) is 0 Å². The molecular weight excluding hydrogens is 215 g/mol. The third-order valence-corrected chi connectivity index (χ3v) is 2.70. The Bertz CT molecular complexity index is 337. The summed E-state index contributed by atoms with van der Waals surface area (Å²) in [4.78, 5) is 11.2. The van der Waals surface area contributed by atoms with Gasteiger partial charge in [0.1, 0.15) is 0 Å². The molecule has 5 heteroatoms. The molecule has 0 saturated carbocycles. The van der Waals surface area contributed by atoms with Crippen LogP contribution in [0.5, 0.6) is 0 Å². The predicted octanol–water partition coefficient (Wildman–Crippen LogP) is 2.10. The summed E-state index contributed by atoms with van der Waals surface area (Å²) in [5, 5.41) is 0. The zero-order valence-corrected chi connectivity index (χ0v) is 9.65. The highest BCUT2D eigenvalue weighted by molar-refractivity contribution is 7.45. The molecule has 0 saturated heterocycles. The maximum absolute atomic E-state index is 11.2. The van der Waals surface area contributed by atoms with Gasteiger partial charge in [0.25, 0.3) is 7.82 Å². The Balaban J connectivity index is 2.46. The molecule has 84 valence electrons. The molecule has 1 rings (SSSR count). The number of phosphoric ester groups is 1. The van der Waals surface area contributed by atoms with Crippen LogP contribution >= 0.6 is 7.82 Å². The molecule has 1 unspecified atom stereocenters. The molecule has 0 fully saturated rings. The third-order valence-electron chi connectivity index (χ3n) is 1.57. The fourth-order valence-electron chi connectivity index (χ4n) is 1.02. The minimum absolute atomic E-state index is 0.00827. The Labute approximate surface area is 89.5 Å². The molecule has 1 atom stereocenters. The number of hydrogen-bond donors (Lipinski definition) is 0. The van der Waals surface area contributed by atoms with Crippen LogP contribution in [0.1, 0.15) is 19.4 Å². The van der Waals surface area contributed by atoms with E-state index in [-0.39, 0.29) is 6.61 Å². The molecule has 0 heterocycles. The van der Waals surface area contributed by atoms with Crippen molar-refractivity contribution in [2.45, 2.75) is 26.6 Å². The first-order chi connectivity index (χ1) is 6.99. The van der Waals surface area contributed by atoms with Crippen molar-refractivity contribution in [1.82, 2.24) is 0 Å². The summed E-state index contributed by atoms with van der Waals surface area (Å²) in [6.45, 7) is 3.28. The Morgan fingerprint density at radius 1 is 1.33 bits per heavy atom. The van der Waals surface area contributed by atoms with Crippen molar-refractivity contribution in [3.05, 3.63) is 35.9 Å². The van der Waals surface area contributed by atoms with Gasteiger partial charge < -0.3 is 13.9 Å². The van der Waals surface area contributed by atoms with E-state index in [0.29, 0.717) is 0 Å². The summed E-state index contributed by atoms with van der Waals surface area (Å²) in [6.07, 6.45) is -0.399. The lowest BCUT2D eigenvalue weighted by Gasteiger charge is -2.24. The SMILES string of the molecule is CC(C)OP(=O)([O-])OCc1ccccc1. The lowest BCUT2D eigenvalue weighted by molar-refractivity contribution is -0.229. The van der Waals surface area contributed by atoms with Crippen LogP contribution in [0.4, 0.5) is 0 Å². The molecule has 0 aliphatic carbocycles. The molecular formula is C10H14O4P-. The van der Waals surface area contributed by atoms with E-state index in [1.54, 1.807) is 26.0 Å². The topological polar surface area (TPSA) is 58.6 Å². The molecule has 4 nitrogen and oxygen atoms in total. The molecule has 1 aromatic carbocycles. The summed E-state index contributed by atoms with van der Waals surface area (Å²) in [5.74, 6) is 0. The zero-order valence-electron chi connectivity index (χ0n) is 8.75. The Kier molecular flexibility index (Phi) is 4.48. The first-order valence-electron chi connectivity index (χ1n) is 4.67. The summed E-state index contributed by atoms with van der Waals surface area (Å²) in [7, 11) is -4.16. The third kappa shape index (κ3) is 5.09. The Hall–Kier alpha value is -0.670. The van der Waals surface area contributed by atoms with Crippen molar-refractivity contribution in [1.29, 1.82) is 0 Å². The molecule has 0 aliphatic rings. The molecule has 0 spiro atoms. The predicted molar refractivity (Wildman–Crippen MR) is 55.1 cm³/mol. The van der Waals surface area contributed by atoms with Crippen LogP contribution in [0, 0.1) is 0 Å². The van der Waals surface area contributed by atoms with E-state index in [2.05, 4.69) is 4.52 Å². The van der Waals surface area contributed by atoms with E-state index >= 15 is 0 Å². The maximum Gasteiger partial charge on any atom is 0.268 e. The molecule has 0 amide bonds. The van der Waals surface area contributed by atoms with Gasteiger partial charge in [0, 0.05) is 0 Å². The molecule has 0 N–H and O–H groups in total. The van der Waals surface area contributed by atoms with Crippen molar-refractivity contribution in [3.63, 3.8) is 0 Å². The van der Waals surface area contributed by atoms with Crippen molar-refractivity contribution in [2.75, 3.05) is 0 Å². The van der Waals surface area contributed by atoms with Crippen LogP contribution < -0.4 is 4.89 Å². The van der Waals surface area contributed by atoms with Gasteiger partial charge in [-0.2, -0.15) is 0 Å². The first kappa shape index (κ1) is 12.4. The molecule has 15 heavy (non-hydrogen) atoms. The average Bonchev–Trinajstić information content (AvgIpc) is 2.15. The van der Waals surface area contributed by atoms with Crippen LogP contribution in [0.25, 0.3) is 0 Å². The van der Waals surface area contributed by atoms with Crippen molar-refractivity contribution in [3.8, 4) is 0 Å². The smallest absolute Gasteiger partial charge is 0.268 e. The fraction of sp³-hybridized carbons (Fsp3) is 0.400. The van der Waals surface area contributed by atoms with Gasteiger partial charge in [-0.05, 0) is 19.4 Å². The molecule has 1 aromatic rings. The first-order valence-corrected chi connectivity index (χ1v) is 6.13. The molecule has 0 radical (unpaired) electrons. The summed E-state index contributed by atoms with van der Waals surface area (Å²) in [5.41, 5.74) is 0.793. The Morgan fingerprint density at radius 2 is 1.93 bits per heavy atom. The van der Waals surface area contributed by atoms with Gasteiger partial charge in [-0.15, -0.1) is 0 Å². The second kappa shape index (κ2) is 5.42. The molecule has 0 aromatic heterocycles. The van der Waals surface area contributed by atoms with Gasteiger partial charge in [0.05, 0.1) is 12.7 Å². The van der Waals surface area contributed by atoms with Crippen molar-refractivity contribution in [2.24, 2.45) is 0 Å². The summed E-state index contributed by atoms with van der Waals surface area (Å²) >= 11 is 0. The van der Waals surface area contributed by atoms with E-state index in [9.17, 15) is 9.46 Å². The van der Waals surface area contributed by atoms with Crippen LogP contribution in [0.3, 0.4) is 0 Å². The number of phosphoric acid groups is 1. The van der Waals surface area contributed by atoms with Crippen LogP contribution in [-0.4, -0.2) is 6.10 Å². The van der Waals surface area contributed by atoms with Gasteiger partial charge in [0.2, 0.25) is 0 Å².